The summed E-state index contributed by atoms with van der Waals surface area (Å²) in [6.45, 7) is 5.35. The topological polar surface area (TPSA) is 49.4 Å². The molecule has 108 valence electrons. The fourth-order valence-corrected chi connectivity index (χ4v) is 2.48. The number of carbonyl (C=O) groups excluding carboxylic acids is 2. The third kappa shape index (κ3) is 2.57. The maximum atomic E-state index is 13.7. The van der Waals surface area contributed by atoms with Crippen LogP contribution in [0.25, 0.3) is 0 Å². The van der Waals surface area contributed by atoms with E-state index in [9.17, 15) is 14.0 Å². The van der Waals surface area contributed by atoms with Crippen LogP contribution in [-0.2, 0) is 9.59 Å². The van der Waals surface area contributed by atoms with Gasteiger partial charge in [-0.25, -0.2) is 4.39 Å². The minimum Gasteiger partial charge on any atom is -0.342 e. The summed E-state index contributed by atoms with van der Waals surface area (Å²) in [4.78, 5) is 25.8. The van der Waals surface area contributed by atoms with E-state index in [-0.39, 0.29) is 17.7 Å². The van der Waals surface area contributed by atoms with E-state index in [1.54, 1.807) is 13.0 Å². The Kier molecular flexibility index (Phi) is 4.13. The number of hydrogen-bond donors (Lipinski definition) is 1. The third-order valence-corrected chi connectivity index (χ3v) is 4.06. The first kappa shape index (κ1) is 15.0. The molecule has 2 unspecified atom stereocenters. The van der Waals surface area contributed by atoms with E-state index in [0.29, 0.717) is 10.2 Å². The number of hydrogen-bond acceptors (Lipinski definition) is 2. The van der Waals surface area contributed by atoms with Gasteiger partial charge in [0.1, 0.15) is 17.9 Å². The number of benzene rings is 1. The van der Waals surface area contributed by atoms with Crippen molar-refractivity contribution < 1.29 is 14.0 Å². The summed E-state index contributed by atoms with van der Waals surface area (Å²) in [6.07, 6.45) is 0. The Labute approximate surface area is 125 Å². The minimum atomic E-state index is -0.655. The maximum absolute atomic E-state index is 13.7. The molecule has 1 aromatic carbocycles. The lowest BCUT2D eigenvalue weighted by atomic mass is 9.98. The molecular formula is C14H16BrFN2O2. The van der Waals surface area contributed by atoms with E-state index in [1.165, 1.54) is 17.0 Å². The summed E-state index contributed by atoms with van der Waals surface area (Å²) in [6, 6.07) is 3.18. The minimum absolute atomic E-state index is 0.0262. The molecule has 0 spiro atoms. The first-order valence-electron chi connectivity index (χ1n) is 6.41. The van der Waals surface area contributed by atoms with Crippen LogP contribution >= 0.6 is 15.9 Å². The number of carbonyl (C=O) groups is 2. The molecule has 1 heterocycles. The molecule has 0 bridgehead atoms. The van der Waals surface area contributed by atoms with Crippen molar-refractivity contribution >= 4 is 33.4 Å². The van der Waals surface area contributed by atoms with E-state index in [2.05, 4.69) is 21.2 Å². The molecule has 0 radical (unpaired) electrons. The lowest BCUT2D eigenvalue weighted by Gasteiger charge is -2.38. The Hall–Kier alpha value is -1.43. The van der Waals surface area contributed by atoms with Gasteiger partial charge in [-0.05, 0) is 47.0 Å². The first-order valence-corrected chi connectivity index (χ1v) is 7.20. The highest BCUT2D eigenvalue weighted by Gasteiger charge is 2.40. The SMILES string of the molecule is CC(C)C1NC(=O)C(C)N(c2ccc(Br)c(F)c2)C1=O. The Balaban J connectivity index is 2.43. The van der Waals surface area contributed by atoms with Crippen LogP contribution in [0.1, 0.15) is 20.8 Å². The highest BCUT2D eigenvalue weighted by molar-refractivity contribution is 9.10. The Morgan fingerprint density at radius 1 is 1.35 bits per heavy atom. The van der Waals surface area contributed by atoms with Crippen molar-refractivity contribution in [3.8, 4) is 0 Å². The van der Waals surface area contributed by atoms with Crippen LogP contribution in [0.2, 0.25) is 0 Å². The summed E-state index contributed by atoms with van der Waals surface area (Å²) in [5.41, 5.74) is 0.392. The Morgan fingerprint density at radius 2 is 2.00 bits per heavy atom. The highest BCUT2D eigenvalue weighted by atomic mass is 79.9. The van der Waals surface area contributed by atoms with Crippen molar-refractivity contribution in [1.29, 1.82) is 0 Å². The molecule has 0 aliphatic carbocycles. The molecule has 6 heteroatoms. The molecule has 1 aliphatic rings. The van der Waals surface area contributed by atoms with Gasteiger partial charge in [0.2, 0.25) is 5.91 Å². The summed E-state index contributed by atoms with van der Waals surface area (Å²) in [5, 5.41) is 2.71. The van der Waals surface area contributed by atoms with Gasteiger partial charge in [0.25, 0.3) is 5.91 Å². The summed E-state index contributed by atoms with van der Waals surface area (Å²) >= 11 is 3.07. The Bertz CT molecular complexity index is 562. The van der Waals surface area contributed by atoms with E-state index >= 15 is 0 Å². The van der Waals surface area contributed by atoms with E-state index in [4.69, 9.17) is 0 Å². The zero-order valence-corrected chi connectivity index (χ0v) is 13.1. The molecule has 0 saturated carbocycles. The fourth-order valence-electron chi connectivity index (χ4n) is 2.23. The highest BCUT2D eigenvalue weighted by Crippen LogP contribution is 2.27. The van der Waals surface area contributed by atoms with Crippen LogP contribution in [0.15, 0.2) is 22.7 Å². The number of rotatable bonds is 2. The standard InChI is InChI=1S/C14H16BrFN2O2/c1-7(2)12-14(20)18(8(3)13(19)17-12)9-4-5-10(15)11(16)6-9/h4-8,12H,1-3H3,(H,17,19). The summed E-state index contributed by atoms with van der Waals surface area (Å²) in [7, 11) is 0. The molecular weight excluding hydrogens is 327 g/mol. The van der Waals surface area contributed by atoms with Gasteiger partial charge in [-0.15, -0.1) is 0 Å². The van der Waals surface area contributed by atoms with Crippen molar-refractivity contribution in [2.75, 3.05) is 4.90 Å². The first-order chi connectivity index (χ1) is 9.32. The summed E-state index contributed by atoms with van der Waals surface area (Å²) < 4.78 is 14.0. The largest absolute Gasteiger partial charge is 0.342 e. The van der Waals surface area contributed by atoms with Crippen LogP contribution < -0.4 is 10.2 Å². The van der Waals surface area contributed by atoms with E-state index in [1.807, 2.05) is 13.8 Å². The van der Waals surface area contributed by atoms with Gasteiger partial charge in [0.05, 0.1) is 4.47 Å². The third-order valence-electron chi connectivity index (χ3n) is 3.42. The molecule has 1 aliphatic heterocycles. The van der Waals surface area contributed by atoms with Crippen LogP contribution in [0.5, 0.6) is 0 Å². The van der Waals surface area contributed by atoms with Gasteiger partial charge in [-0.3, -0.25) is 14.5 Å². The van der Waals surface area contributed by atoms with Crippen molar-refractivity contribution in [3.63, 3.8) is 0 Å². The molecule has 20 heavy (non-hydrogen) atoms. The second kappa shape index (κ2) is 5.52. The number of halogens is 2. The second-order valence-electron chi connectivity index (χ2n) is 5.21. The quantitative estimate of drug-likeness (QED) is 0.897. The smallest absolute Gasteiger partial charge is 0.250 e. The predicted molar refractivity (Wildman–Crippen MR) is 77.8 cm³/mol. The molecule has 1 aromatic rings. The number of nitrogens with one attached hydrogen (secondary N) is 1. The molecule has 4 nitrogen and oxygen atoms in total. The second-order valence-corrected chi connectivity index (χ2v) is 6.07. The van der Waals surface area contributed by atoms with Gasteiger partial charge < -0.3 is 5.32 Å². The van der Waals surface area contributed by atoms with E-state index in [0.717, 1.165) is 0 Å². The number of amides is 2. The van der Waals surface area contributed by atoms with Crippen LogP contribution in [0.3, 0.4) is 0 Å². The van der Waals surface area contributed by atoms with Gasteiger partial charge in [-0.2, -0.15) is 0 Å². The number of nitrogens with zero attached hydrogens (tertiary/aromatic N) is 1. The van der Waals surface area contributed by atoms with Crippen molar-refractivity contribution in [2.24, 2.45) is 5.92 Å². The lowest BCUT2D eigenvalue weighted by Crippen LogP contribution is -2.64. The molecule has 0 aromatic heterocycles. The number of piperazine rings is 1. The van der Waals surface area contributed by atoms with Crippen molar-refractivity contribution in [1.82, 2.24) is 5.32 Å². The van der Waals surface area contributed by atoms with E-state index < -0.39 is 17.9 Å². The maximum Gasteiger partial charge on any atom is 0.250 e. The molecule has 2 rings (SSSR count). The van der Waals surface area contributed by atoms with Gasteiger partial charge in [-0.1, -0.05) is 13.8 Å². The monoisotopic (exact) mass is 342 g/mol. The normalized spacial score (nSPS) is 23.2. The molecule has 1 fully saturated rings. The molecule has 2 amide bonds. The average Bonchev–Trinajstić information content (AvgIpc) is 2.38. The fraction of sp³-hybridized carbons (Fsp3) is 0.429. The van der Waals surface area contributed by atoms with Gasteiger partial charge >= 0.3 is 0 Å². The predicted octanol–water partition coefficient (Wildman–Crippen LogP) is 2.46. The average molecular weight is 343 g/mol. The van der Waals surface area contributed by atoms with Crippen molar-refractivity contribution in [2.45, 2.75) is 32.9 Å². The van der Waals surface area contributed by atoms with Crippen LogP contribution in [-0.4, -0.2) is 23.9 Å². The molecule has 2 atom stereocenters. The van der Waals surface area contributed by atoms with Gasteiger partial charge in [0, 0.05) is 5.69 Å². The zero-order chi connectivity index (χ0) is 15.0. The van der Waals surface area contributed by atoms with Gasteiger partial charge in [0.15, 0.2) is 0 Å². The Morgan fingerprint density at radius 3 is 2.55 bits per heavy atom. The number of anilines is 1. The van der Waals surface area contributed by atoms with Crippen LogP contribution in [0, 0.1) is 11.7 Å². The van der Waals surface area contributed by atoms with Crippen molar-refractivity contribution in [3.05, 3.63) is 28.5 Å². The molecule has 1 N–H and O–H groups in total. The van der Waals surface area contributed by atoms with Crippen LogP contribution in [0.4, 0.5) is 10.1 Å². The lowest BCUT2D eigenvalue weighted by molar-refractivity contribution is -0.134. The summed E-state index contributed by atoms with van der Waals surface area (Å²) in [5.74, 6) is -0.934. The zero-order valence-electron chi connectivity index (χ0n) is 11.5. The molecule has 1 saturated heterocycles.